The van der Waals surface area contributed by atoms with Crippen LogP contribution in [0.15, 0.2) is 60.3 Å². The van der Waals surface area contributed by atoms with E-state index in [0.29, 0.717) is 16.7 Å². The lowest BCUT2D eigenvalue weighted by Crippen LogP contribution is -2.48. The lowest BCUT2D eigenvalue weighted by molar-refractivity contribution is -0.216. The van der Waals surface area contributed by atoms with Crippen LogP contribution in [0, 0.1) is 6.92 Å². The van der Waals surface area contributed by atoms with Crippen molar-refractivity contribution in [2.75, 3.05) is 7.11 Å². The van der Waals surface area contributed by atoms with E-state index in [-0.39, 0.29) is 58.0 Å². The molecule has 0 spiro atoms. The molecule has 44 heavy (non-hydrogen) atoms. The van der Waals surface area contributed by atoms with Crippen molar-refractivity contribution >= 4 is 23.1 Å². The average molecular weight is 602 g/mol. The number of aryl methyl sites for hydroxylation is 1. The molecule has 2 aliphatic heterocycles. The molecular weight excluding hydrogens is 570 g/mol. The number of allylic oxidation sites excluding steroid dienone is 2. The number of ether oxygens (including phenoxy) is 3. The van der Waals surface area contributed by atoms with Crippen molar-refractivity contribution in [1.82, 2.24) is 4.90 Å². The third kappa shape index (κ3) is 4.83. The number of phenolic OH excluding ortho intramolecular Hbond substituents is 1. The zero-order valence-corrected chi connectivity index (χ0v) is 24.2. The van der Waals surface area contributed by atoms with Gasteiger partial charge in [-0.1, -0.05) is 30.3 Å². The number of benzene rings is 3. The Kier molecular flexibility index (Phi) is 7.50. The molecule has 0 saturated carbocycles. The first kappa shape index (κ1) is 29.5. The van der Waals surface area contributed by atoms with Crippen LogP contribution in [0.25, 0.3) is 5.57 Å². The third-order valence-corrected chi connectivity index (χ3v) is 8.24. The highest BCUT2D eigenvalue weighted by Crippen LogP contribution is 2.49. The third-order valence-electron chi connectivity index (χ3n) is 8.24. The number of aliphatic hydroxyl groups is 2. The maximum atomic E-state index is 14.6. The first-order chi connectivity index (χ1) is 21.0. The minimum atomic E-state index is -1.12. The molecule has 11 heteroatoms. The number of carbonyl (C=O) groups excluding carboxylic acids is 2. The van der Waals surface area contributed by atoms with Crippen molar-refractivity contribution in [1.29, 1.82) is 0 Å². The highest BCUT2D eigenvalue weighted by molar-refractivity contribution is 6.41. The second kappa shape index (κ2) is 11.2. The summed E-state index contributed by atoms with van der Waals surface area (Å²) in [5.74, 6) is -2.34. The van der Waals surface area contributed by atoms with Crippen LogP contribution in [-0.2, 0) is 16.0 Å². The first-order valence-corrected chi connectivity index (χ1v) is 14.1. The summed E-state index contributed by atoms with van der Waals surface area (Å²) in [5, 5.41) is 41.1. The summed E-state index contributed by atoms with van der Waals surface area (Å²) in [5.41, 5.74) is 1.97. The Morgan fingerprint density at radius 3 is 2.50 bits per heavy atom. The van der Waals surface area contributed by atoms with Gasteiger partial charge in [-0.2, -0.15) is 0 Å². The molecule has 3 aliphatic rings. The second-order valence-corrected chi connectivity index (χ2v) is 11.2. The number of aromatic carboxylic acids is 1. The number of ketones is 2. The molecule has 3 aromatic carbocycles. The maximum Gasteiger partial charge on any atom is 0.335 e. The predicted octanol–water partition coefficient (Wildman–Crippen LogP) is 3.59. The Morgan fingerprint density at radius 2 is 1.80 bits per heavy atom. The fourth-order valence-electron chi connectivity index (χ4n) is 6.24. The van der Waals surface area contributed by atoms with Gasteiger partial charge in [0.15, 0.2) is 12.0 Å². The molecule has 2 heterocycles. The molecule has 11 nitrogen and oxygen atoms in total. The van der Waals surface area contributed by atoms with Crippen molar-refractivity contribution in [3.05, 3.63) is 99.2 Å². The molecule has 1 fully saturated rings. The summed E-state index contributed by atoms with van der Waals surface area (Å²) >= 11 is 0. The molecular formula is C33H31NO10. The van der Waals surface area contributed by atoms with E-state index in [1.807, 2.05) is 0 Å². The van der Waals surface area contributed by atoms with Crippen LogP contribution < -0.4 is 4.74 Å². The van der Waals surface area contributed by atoms with E-state index in [2.05, 4.69) is 0 Å². The van der Waals surface area contributed by atoms with Crippen LogP contribution in [0.4, 0.5) is 0 Å². The number of hydrogen-bond donors (Lipinski definition) is 4. The van der Waals surface area contributed by atoms with E-state index in [1.54, 1.807) is 43.0 Å². The van der Waals surface area contributed by atoms with Gasteiger partial charge in [0.05, 0.1) is 28.9 Å². The van der Waals surface area contributed by atoms with Gasteiger partial charge in [-0.05, 0) is 49.2 Å². The number of carboxylic acid groups (broad SMARTS) is 1. The van der Waals surface area contributed by atoms with Gasteiger partial charge in [0.25, 0.3) is 0 Å². The Balaban J connectivity index is 1.51. The number of fused-ring (bicyclic) bond motifs is 3. The summed E-state index contributed by atoms with van der Waals surface area (Å²) in [7, 11) is 1.44. The Bertz CT molecular complexity index is 1720. The topological polar surface area (TPSA) is 163 Å². The number of aliphatic hydroxyl groups excluding tert-OH is 2. The Morgan fingerprint density at radius 1 is 1.05 bits per heavy atom. The van der Waals surface area contributed by atoms with E-state index in [4.69, 9.17) is 14.2 Å². The smallest absolute Gasteiger partial charge is 0.335 e. The Hall–Kier alpha value is -4.55. The highest BCUT2D eigenvalue weighted by atomic mass is 16.7. The number of Topliss-reactive ketones (excluding diaryl/α,β-unsaturated/α-hetero) is 2. The maximum absolute atomic E-state index is 14.6. The lowest BCUT2D eigenvalue weighted by Gasteiger charge is -2.42. The van der Waals surface area contributed by atoms with Gasteiger partial charge in [0.2, 0.25) is 12.1 Å². The molecule has 6 rings (SSSR count). The minimum absolute atomic E-state index is 0.00267. The fraction of sp³-hybridized carbons (Fsp3) is 0.303. The quantitative estimate of drug-likeness (QED) is 0.327. The van der Waals surface area contributed by atoms with Crippen molar-refractivity contribution in [3.63, 3.8) is 0 Å². The molecule has 1 aliphatic carbocycles. The van der Waals surface area contributed by atoms with Gasteiger partial charge >= 0.3 is 5.97 Å². The second-order valence-electron chi connectivity index (χ2n) is 11.2. The molecule has 3 aromatic rings. The van der Waals surface area contributed by atoms with Crippen LogP contribution in [0.1, 0.15) is 72.9 Å². The predicted molar refractivity (Wildman–Crippen MR) is 155 cm³/mol. The summed E-state index contributed by atoms with van der Waals surface area (Å²) in [6.45, 7) is 3.37. The van der Waals surface area contributed by atoms with Gasteiger partial charge in [-0.3, -0.25) is 9.59 Å². The van der Waals surface area contributed by atoms with E-state index in [9.17, 15) is 34.8 Å². The Labute approximate surface area is 252 Å². The molecule has 0 bridgehead atoms. The van der Waals surface area contributed by atoms with Crippen LogP contribution in [0.2, 0.25) is 0 Å². The molecule has 4 N–H and O–H groups in total. The van der Waals surface area contributed by atoms with Gasteiger partial charge in [-0.15, -0.1) is 0 Å². The van der Waals surface area contributed by atoms with Crippen LogP contribution >= 0.6 is 0 Å². The number of carboxylic acids is 1. The van der Waals surface area contributed by atoms with Crippen molar-refractivity contribution in [3.8, 4) is 11.5 Å². The van der Waals surface area contributed by atoms with E-state index in [1.165, 1.54) is 37.4 Å². The molecule has 1 saturated heterocycles. The standard InChI is InChI=1S/C33H31NO10/c1-15-10-20-25(21(35)11-15)27-28(34(32(20)42-3)14-17-6-4-7-18(12-17)33(40)41)31(39)26-19(30(27)38)8-5-9-23(26)44-24-13-22(36)29(37)16(2)43-24/h4-12,16,22,24,29,32,35-37H,13-14H2,1-3H3,(H,40,41)/t16-,22+,24-,29-,32-/m0/s1. The van der Waals surface area contributed by atoms with Gasteiger partial charge in [0, 0.05) is 36.8 Å². The average Bonchev–Trinajstić information content (AvgIpc) is 2.98. The highest BCUT2D eigenvalue weighted by Gasteiger charge is 2.46. The van der Waals surface area contributed by atoms with Crippen molar-refractivity contribution in [2.24, 2.45) is 0 Å². The van der Waals surface area contributed by atoms with Crippen LogP contribution in [0.3, 0.4) is 0 Å². The van der Waals surface area contributed by atoms with Gasteiger partial charge in [0.1, 0.15) is 23.3 Å². The molecule has 0 aromatic heterocycles. The monoisotopic (exact) mass is 601 g/mol. The molecule has 5 atom stereocenters. The zero-order valence-electron chi connectivity index (χ0n) is 24.2. The molecule has 0 unspecified atom stereocenters. The number of hydrogen-bond acceptors (Lipinski definition) is 10. The first-order valence-electron chi connectivity index (χ1n) is 14.1. The van der Waals surface area contributed by atoms with Crippen LogP contribution in [-0.4, -0.2) is 74.6 Å². The van der Waals surface area contributed by atoms with Gasteiger partial charge < -0.3 is 39.5 Å². The minimum Gasteiger partial charge on any atom is -0.507 e. The van der Waals surface area contributed by atoms with Gasteiger partial charge in [-0.25, -0.2) is 4.79 Å². The van der Waals surface area contributed by atoms with Crippen LogP contribution in [0.5, 0.6) is 11.5 Å². The summed E-state index contributed by atoms with van der Waals surface area (Å²) in [6.07, 6.45) is -4.95. The van der Waals surface area contributed by atoms with E-state index < -0.39 is 48.4 Å². The molecule has 228 valence electrons. The number of carbonyl (C=O) groups is 3. The molecule has 0 amide bonds. The van der Waals surface area contributed by atoms with Crippen molar-refractivity contribution in [2.45, 2.75) is 57.6 Å². The van der Waals surface area contributed by atoms with E-state index >= 15 is 0 Å². The number of rotatable bonds is 6. The lowest BCUT2D eigenvalue weighted by atomic mass is 9.78. The largest absolute Gasteiger partial charge is 0.507 e. The molecule has 0 radical (unpaired) electrons. The summed E-state index contributed by atoms with van der Waals surface area (Å²) in [4.78, 5) is 42.2. The fourth-order valence-corrected chi connectivity index (χ4v) is 6.24. The zero-order chi connectivity index (χ0) is 31.4. The number of phenols is 1. The number of nitrogens with zero attached hydrogens (tertiary/aromatic N) is 1. The number of aromatic hydroxyl groups is 1. The summed E-state index contributed by atoms with van der Waals surface area (Å²) < 4.78 is 17.7. The normalized spacial score (nSPS) is 24.5. The SMILES string of the molecule is CO[C@H]1c2cc(C)cc(O)c2C2=C(C(=O)c3c(O[C@H]4C[C@@H](O)[C@@H](O)[C@H](C)O4)cccc3C2=O)N1Cc1cccc(C(=O)O)c1. The van der Waals surface area contributed by atoms with E-state index in [0.717, 1.165) is 0 Å². The summed E-state index contributed by atoms with van der Waals surface area (Å²) in [6, 6.07) is 14.1. The number of methoxy groups -OCH3 is 1. The van der Waals surface area contributed by atoms with Crippen molar-refractivity contribution < 1.29 is 49.0 Å².